The van der Waals surface area contributed by atoms with Crippen molar-refractivity contribution in [1.29, 1.82) is 0 Å². The van der Waals surface area contributed by atoms with Gasteiger partial charge in [-0.1, -0.05) is 208 Å². The summed E-state index contributed by atoms with van der Waals surface area (Å²) in [6.07, 6.45) is 35.2. The van der Waals surface area contributed by atoms with Crippen LogP contribution in [0.15, 0.2) is 0 Å². The lowest BCUT2D eigenvalue weighted by atomic mass is 9.99. The van der Waals surface area contributed by atoms with Crippen LogP contribution >= 0.6 is 0 Å². The summed E-state index contributed by atoms with van der Waals surface area (Å²) in [6.45, 7) is 13.6. The molecule has 0 aliphatic carbocycles. The molecule has 0 amide bonds. The van der Waals surface area contributed by atoms with Crippen molar-refractivity contribution in [3.05, 3.63) is 0 Å². The van der Waals surface area contributed by atoms with Gasteiger partial charge in [-0.3, -0.25) is 14.4 Å². The summed E-state index contributed by atoms with van der Waals surface area (Å²) in [6, 6.07) is 0. The van der Waals surface area contributed by atoms with E-state index in [-0.39, 0.29) is 31.1 Å². The Labute approximate surface area is 329 Å². The van der Waals surface area contributed by atoms with Crippen LogP contribution in [0.25, 0.3) is 0 Å². The van der Waals surface area contributed by atoms with Gasteiger partial charge in [-0.15, -0.1) is 0 Å². The van der Waals surface area contributed by atoms with E-state index in [0.717, 1.165) is 75.5 Å². The summed E-state index contributed by atoms with van der Waals surface area (Å²) in [5.74, 6) is 1.57. The molecule has 0 rings (SSSR count). The first-order valence-corrected chi connectivity index (χ1v) is 23.1. The number of rotatable bonds is 40. The van der Waals surface area contributed by atoms with Crippen molar-refractivity contribution in [2.45, 2.75) is 253 Å². The monoisotopic (exact) mass is 751 g/mol. The van der Waals surface area contributed by atoms with E-state index in [1.54, 1.807) is 0 Å². The summed E-state index contributed by atoms with van der Waals surface area (Å²) in [5.41, 5.74) is 0. The second-order valence-electron chi connectivity index (χ2n) is 17.2. The zero-order chi connectivity index (χ0) is 39.2. The minimum absolute atomic E-state index is 0.0667. The van der Waals surface area contributed by atoms with Crippen LogP contribution in [-0.2, 0) is 28.6 Å². The Morgan fingerprint density at radius 1 is 0.377 bits per heavy atom. The van der Waals surface area contributed by atoms with Crippen molar-refractivity contribution in [3.63, 3.8) is 0 Å². The number of esters is 3. The van der Waals surface area contributed by atoms with E-state index in [1.165, 1.54) is 128 Å². The topological polar surface area (TPSA) is 78.9 Å². The molecule has 2 atom stereocenters. The van der Waals surface area contributed by atoms with Gasteiger partial charge in [-0.25, -0.2) is 0 Å². The molecule has 53 heavy (non-hydrogen) atoms. The molecule has 0 bridgehead atoms. The molecule has 0 heterocycles. The molecule has 0 aromatic heterocycles. The SMILES string of the molecule is CCC(C)CCCCCCCCCCCCC(=O)OC[C@@H](COC(=O)CCCCCCCCC(C)C)OC(=O)CCCCCCCCCCCC(C)C. The zero-order valence-corrected chi connectivity index (χ0v) is 36.3. The third-order valence-corrected chi connectivity index (χ3v) is 10.8. The lowest BCUT2D eigenvalue weighted by Gasteiger charge is -2.18. The number of carbonyl (C=O) groups is 3. The normalized spacial score (nSPS) is 12.7. The number of hydrogen-bond acceptors (Lipinski definition) is 6. The minimum atomic E-state index is -0.762. The molecular weight excluding hydrogens is 661 g/mol. The summed E-state index contributed by atoms with van der Waals surface area (Å²) >= 11 is 0. The second kappa shape index (κ2) is 38.7. The van der Waals surface area contributed by atoms with Crippen LogP contribution in [0, 0.1) is 17.8 Å². The molecule has 1 unspecified atom stereocenters. The van der Waals surface area contributed by atoms with E-state index in [9.17, 15) is 14.4 Å². The van der Waals surface area contributed by atoms with Gasteiger partial charge in [0.05, 0.1) is 0 Å². The molecular formula is C47H90O6. The Morgan fingerprint density at radius 2 is 0.660 bits per heavy atom. The molecule has 0 fully saturated rings. The predicted octanol–water partition coefficient (Wildman–Crippen LogP) is 14.4. The van der Waals surface area contributed by atoms with E-state index in [1.807, 2.05) is 0 Å². The Morgan fingerprint density at radius 3 is 0.981 bits per heavy atom. The molecule has 0 spiro atoms. The van der Waals surface area contributed by atoms with Crippen molar-refractivity contribution in [2.24, 2.45) is 17.8 Å². The Bertz CT molecular complexity index is 824. The van der Waals surface area contributed by atoms with Crippen LogP contribution in [0.1, 0.15) is 247 Å². The molecule has 0 N–H and O–H groups in total. The largest absolute Gasteiger partial charge is 0.462 e. The summed E-state index contributed by atoms with van der Waals surface area (Å²) in [4.78, 5) is 37.7. The minimum Gasteiger partial charge on any atom is -0.462 e. The molecule has 0 aliphatic rings. The maximum Gasteiger partial charge on any atom is 0.306 e. The first-order chi connectivity index (χ1) is 25.6. The zero-order valence-electron chi connectivity index (χ0n) is 36.3. The molecule has 0 aromatic carbocycles. The number of hydrogen-bond donors (Lipinski definition) is 0. The van der Waals surface area contributed by atoms with Crippen LogP contribution < -0.4 is 0 Å². The molecule has 0 saturated carbocycles. The Kier molecular flexibility index (Phi) is 37.5. The number of carbonyl (C=O) groups excluding carboxylic acids is 3. The van der Waals surface area contributed by atoms with Crippen LogP contribution in [0.5, 0.6) is 0 Å². The third-order valence-electron chi connectivity index (χ3n) is 10.8. The van der Waals surface area contributed by atoms with Crippen LogP contribution in [0.2, 0.25) is 0 Å². The van der Waals surface area contributed by atoms with Crippen molar-refractivity contribution < 1.29 is 28.6 Å². The van der Waals surface area contributed by atoms with E-state index in [0.29, 0.717) is 19.3 Å². The van der Waals surface area contributed by atoms with E-state index in [4.69, 9.17) is 14.2 Å². The van der Waals surface area contributed by atoms with E-state index in [2.05, 4.69) is 41.5 Å². The van der Waals surface area contributed by atoms with Gasteiger partial charge in [-0.2, -0.15) is 0 Å². The fraction of sp³-hybridized carbons (Fsp3) is 0.936. The molecule has 0 saturated heterocycles. The number of unbranched alkanes of at least 4 members (excludes halogenated alkanes) is 22. The summed E-state index contributed by atoms with van der Waals surface area (Å²) < 4.78 is 16.7. The molecule has 6 nitrogen and oxygen atoms in total. The molecule has 0 aromatic rings. The van der Waals surface area contributed by atoms with Gasteiger partial charge in [0.2, 0.25) is 0 Å². The highest BCUT2D eigenvalue weighted by molar-refractivity contribution is 5.71. The van der Waals surface area contributed by atoms with Crippen LogP contribution in [0.3, 0.4) is 0 Å². The highest BCUT2D eigenvalue weighted by atomic mass is 16.6. The van der Waals surface area contributed by atoms with Crippen LogP contribution in [0.4, 0.5) is 0 Å². The van der Waals surface area contributed by atoms with Crippen molar-refractivity contribution in [2.75, 3.05) is 13.2 Å². The first-order valence-electron chi connectivity index (χ1n) is 23.1. The third kappa shape index (κ3) is 39.9. The summed E-state index contributed by atoms with van der Waals surface area (Å²) in [5, 5.41) is 0. The molecule has 0 aliphatic heterocycles. The van der Waals surface area contributed by atoms with Crippen molar-refractivity contribution in [3.8, 4) is 0 Å². The van der Waals surface area contributed by atoms with E-state index < -0.39 is 6.10 Å². The average molecular weight is 751 g/mol. The quantitative estimate of drug-likeness (QED) is 0.0352. The van der Waals surface area contributed by atoms with Gasteiger partial charge in [0.25, 0.3) is 0 Å². The summed E-state index contributed by atoms with van der Waals surface area (Å²) in [7, 11) is 0. The van der Waals surface area contributed by atoms with Gasteiger partial charge in [-0.05, 0) is 37.0 Å². The van der Waals surface area contributed by atoms with Crippen molar-refractivity contribution in [1.82, 2.24) is 0 Å². The number of ether oxygens (including phenoxy) is 3. The Hall–Kier alpha value is -1.59. The van der Waals surface area contributed by atoms with Crippen LogP contribution in [-0.4, -0.2) is 37.2 Å². The van der Waals surface area contributed by atoms with Gasteiger partial charge in [0.1, 0.15) is 13.2 Å². The lowest BCUT2D eigenvalue weighted by molar-refractivity contribution is -0.167. The lowest BCUT2D eigenvalue weighted by Crippen LogP contribution is -2.30. The Balaban J connectivity index is 4.33. The maximum absolute atomic E-state index is 12.7. The highest BCUT2D eigenvalue weighted by Gasteiger charge is 2.19. The predicted molar refractivity (Wildman–Crippen MR) is 224 cm³/mol. The molecule has 314 valence electrons. The fourth-order valence-corrected chi connectivity index (χ4v) is 6.85. The maximum atomic E-state index is 12.7. The standard InChI is InChI=1S/C47H90O6/c1-7-43(6)35-29-23-16-12-8-9-13-17-24-30-36-45(48)51-39-44(40-52-46(49)37-31-25-20-19-22-28-34-42(4)5)53-47(50)38-32-26-18-14-10-11-15-21-27-33-41(2)3/h41-44H,7-40H2,1-6H3/t43?,44-/m0/s1. The average Bonchev–Trinajstić information content (AvgIpc) is 3.12. The highest BCUT2D eigenvalue weighted by Crippen LogP contribution is 2.17. The van der Waals surface area contributed by atoms with E-state index >= 15 is 0 Å². The second-order valence-corrected chi connectivity index (χ2v) is 17.2. The smallest absolute Gasteiger partial charge is 0.306 e. The van der Waals surface area contributed by atoms with Gasteiger partial charge < -0.3 is 14.2 Å². The fourth-order valence-electron chi connectivity index (χ4n) is 6.85. The van der Waals surface area contributed by atoms with Crippen molar-refractivity contribution >= 4 is 17.9 Å². The molecule has 0 radical (unpaired) electrons. The molecule has 6 heteroatoms. The van der Waals surface area contributed by atoms with Gasteiger partial charge in [0, 0.05) is 19.3 Å². The first kappa shape index (κ1) is 51.4. The van der Waals surface area contributed by atoms with Gasteiger partial charge in [0.15, 0.2) is 6.10 Å². The van der Waals surface area contributed by atoms with Gasteiger partial charge >= 0.3 is 17.9 Å².